The number of rotatable bonds is 5. The first-order chi connectivity index (χ1) is 29.9. The summed E-state index contributed by atoms with van der Waals surface area (Å²) in [5.41, 5.74) is 24.0. The summed E-state index contributed by atoms with van der Waals surface area (Å²) < 4.78 is 0. The molecule has 0 spiro atoms. The van der Waals surface area contributed by atoms with Gasteiger partial charge in [-0.2, -0.15) is 0 Å². The molecule has 0 heterocycles. The molecule has 1 heteroatoms. The second kappa shape index (κ2) is 14.1. The largest absolute Gasteiger partial charge is 0.310 e. The fourth-order valence-corrected chi connectivity index (χ4v) is 12.8. The number of benzene rings is 6. The van der Waals surface area contributed by atoms with Crippen molar-refractivity contribution in [3.63, 3.8) is 0 Å². The predicted octanol–water partition coefficient (Wildman–Crippen LogP) is 17.8. The summed E-state index contributed by atoms with van der Waals surface area (Å²) in [7, 11) is 0. The smallest absolute Gasteiger partial charge is 0.0543 e. The Balaban J connectivity index is 1.24. The van der Waals surface area contributed by atoms with Crippen molar-refractivity contribution < 1.29 is 0 Å². The molecule has 6 aromatic carbocycles. The van der Waals surface area contributed by atoms with Crippen molar-refractivity contribution in [2.24, 2.45) is 0 Å². The van der Waals surface area contributed by atoms with Crippen LogP contribution in [0.3, 0.4) is 0 Å². The number of fused-ring (bicyclic) bond motifs is 6. The van der Waals surface area contributed by atoms with Crippen LogP contribution in [0.25, 0.3) is 33.4 Å². The van der Waals surface area contributed by atoms with Crippen molar-refractivity contribution in [2.75, 3.05) is 4.90 Å². The second-order valence-corrected chi connectivity index (χ2v) is 25.0. The Morgan fingerprint density at radius 1 is 0.312 bits per heavy atom. The van der Waals surface area contributed by atoms with Gasteiger partial charge in [0.15, 0.2) is 0 Å². The lowest BCUT2D eigenvalue weighted by molar-refractivity contribution is 0.332. The van der Waals surface area contributed by atoms with E-state index in [4.69, 9.17) is 0 Å². The maximum Gasteiger partial charge on any atom is 0.0543 e. The van der Waals surface area contributed by atoms with Gasteiger partial charge in [-0.05, 0) is 180 Å². The quantitative estimate of drug-likeness (QED) is 0.167. The van der Waals surface area contributed by atoms with Crippen LogP contribution in [-0.4, -0.2) is 0 Å². The Morgan fingerprint density at radius 3 is 1.44 bits per heavy atom. The molecule has 0 radical (unpaired) electrons. The molecule has 0 aromatic heterocycles. The lowest BCUT2D eigenvalue weighted by Crippen LogP contribution is -2.34. The first-order valence-corrected chi connectivity index (χ1v) is 24.6. The highest BCUT2D eigenvalue weighted by Gasteiger charge is 2.43. The minimum absolute atomic E-state index is 0.0292. The van der Waals surface area contributed by atoms with E-state index in [9.17, 15) is 0 Å². The molecule has 0 unspecified atom stereocenters. The molecule has 0 atom stereocenters. The van der Waals surface area contributed by atoms with Gasteiger partial charge in [-0.25, -0.2) is 0 Å². The molecule has 1 nitrogen and oxygen atoms in total. The normalized spacial score (nSPS) is 20.8. The Kier molecular flexibility index (Phi) is 9.46. The van der Waals surface area contributed by atoms with Crippen LogP contribution < -0.4 is 4.90 Å². The van der Waals surface area contributed by atoms with Gasteiger partial charge in [-0.1, -0.05) is 176 Å². The Labute approximate surface area is 386 Å². The summed E-state index contributed by atoms with van der Waals surface area (Å²) >= 11 is 0. The Hall–Kier alpha value is -4.88. The van der Waals surface area contributed by atoms with Gasteiger partial charge in [0.2, 0.25) is 0 Å². The number of anilines is 3. The maximum atomic E-state index is 2.63. The van der Waals surface area contributed by atoms with Crippen LogP contribution in [0.5, 0.6) is 0 Å². The number of hydrogen-bond acceptors (Lipinski definition) is 1. The number of hydrogen-bond donors (Lipinski definition) is 0. The van der Waals surface area contributed by atoms with Crippen LogP contribution in [-0.2, 0) is 37.9 Å². The molecule has 0 N–H and O–H groups in total. The topological polar surface area (TPSA) is 3.24 Å². The van der Waals surface area contributed by atoms with Crippen LogP contribution >= 0.6 is 0 Å². The third-order valence-electron chi connectivity index (χ3n) is 17.5. The van der Waals surface area contributed by atoms with E-state index in [1.165, 1.54) is 133 Å². The van der Waals surface area contributed by atoms with Crippen molar-refractivity contribution in [1.29, 1.82) is 0 Å². The van der Waals surface area contributed by atoms with Crippen molar-refractivity contribution >= 4 is 17.1 Å². The summed E-state index contributed by atoms with van der Waals surface area (Å²) in [6.07, 6.45) is 7.17. The van der Waals surface area contributed by atoms with Gasteiger partial charge in [0, 0.05) is 22.4 Å². The van der Waals surface area contributed by atoms with E-state index in [1.807, 2.05) is 0 Å². The molecular formula is C63H73N. The summed E-state index contributed by atoms with van der Waals surface area (Å²) in [5.74, 6) is 0. The average molecular weight is 844 g/mol. The van der Waals surface area contributed by atoms with E-state index in [0.29, 0.717) is 0 Å². The molecule has 0 saturated carbocycles. The molecule has 0 saturated heterocycles. The molecule has 4 aliphatic carbocycles. The third-order valence-corrected chi connectivity index (χ3v) is 17.5. The first-order valence-electron chi connectivity index (χ1n) is 24.6. The van der Waals surface area contributed by atoms with Crippen molar-refractivity contribution in [3.8, 4) is 33.4 Å². The zero-order valence-electron chi connectivity index (χ0n) is 41.7. The van der Waals surface area contributed by atoms with Crippen LogP contribution in [0.1, 0.15) is 180 Å². The highest BCUT2D eigenvalue weighted by Crippen LogP contribution is 2.57. The molecule has 330 valence electrons. The molecule has 0 bridgehead atoms. The molecular weight excluding hydrogens is 771 g/mol. The molecule has 4 aliphatic rings. The molecule has 64 heavy (non-hydrogen) atoms. The third kappa shape index (κ3) is 6.60. The Morgan fingerprint density at radius 2 is 0.797 bits per heavy atom. The summed E-state index contributed by atoms with van der Waals surface area (Å²) in [5, 5.41) is 0. The van der Waals surface area contributed by atoms with Gasteiger partial charge < -0.3 is 4.90 Å². The van der Waals surface area contributed by atoms with E-state index >= 15 is 0 Å². The SMILES string of the molecule is CC1(C)CCC(C)(C)c2cc(-c3ccc(N(c4ccc5c(c4)C(C)(C)CCC5(C)C)c4cc5c(cc4-c4cccc6c4C(C)(C)CCC6(C)C)-c4ccccc4C5(C)C)cc3)ccc21. The van der Waals surface area contributed by atoms with Gasteiger partial charge in [-0.15, -0.1) is 0 Å². The lowest BCUT2D eigenvalue weighted by atomic mass is 9.61. The zero-order valence-corrected chi connectivity index (χ0v) is 41.7. The van der Waals surface area contributed by atoms with Crippen LogP contribution in [0.4, 0.5) is 17.1 Å². The summed E-state index contributed by atoms with van der Waals surface area (Å²) in [6, 6.07) is 46.0. The molecule has 0 aliphatic heterocycles. The predicted molar refractivity (Wildman–Crippen MR) is 275 cm³/mol. The minimum atomic E-state index is -0.150. The van der Waals surface area contributed by atoms with Gasteiger partial charge >= 0.3 is 0 Å². The van der Waals surface area contributed by atoms with E-state index in [0.717, 1.165) is 0 Å². The number of nitrogens with zero attached hydrogens (tertiary/aromatic N) is 1. The van der Waals surface area contributed by atoms with Gasteiger partial charge in [0.05, 0.1) is 5.69 Å². The van der Waals surface area contributed by atoms with Crippen molar-refractivity contribution in [3.05, 3.63) is 160 Å². The fourth-order valence-electron chi connectivity index (χ4n) is 12.8. The molecule has 6 aromatic rings. The van der Waals surface area contributed by atoms with E-state index < -0.39 is 0 Å². The average Bonchev–Trinajstić information content (AvgIpc) is 3.48. The van der Waals surface area contributed by atoms with Crippen molar-refractivity contribution in [1.82, 2.24) is 0 Å². The van der Waals surface area contributed by atoms with Gasteiger partial charge in [-0.3, -0.25) is 0 Å². The van der Waals surface area contributed by atoms with Crippen LogP contribution in [0, 0.1) is 0 Å². The zero-order chi connectivity index (χ0) is 45.6. The minimum Gasteiger partial charge on any atom is -0.310 e. The second-order valence-electron chi connectivity index (χ2n) is 25.0. The first kappa shape index (κ1) is 43.0. The lowest BCUT2D eigenvalue weighted by Gasteiger charge is -2.44. The molecule has 0 amide bonds. The highest BCUT2D eigenvalue weighted by molar-refractivity contribution is 5.96. The fraction of sp³-hybridized carbons (Fsp3) is 0.429. The molecule has 0 fully saturated rings. The van der Waals surface area contributed by atoms with E-state index in [1.54, 1.807) is 0 Å². The highest BCUT2D eigenvalue weighted by atomic mass is 15.1. The Bertz CT molecular complexity index is 2850. The van der Waals surface area contributed by atoms with Gasteiger partial charge in [0.25, 0.3) is 0 Å². The van der Waals surface area contributed by atoms with Gasteiger partial charge in [0.1, 0.15) is 0 Å². The molecule has 10 rings (SSSR count). The summed E-state index contributed by atoms with van der Waals surface area (Å²) in [4.78, 5) is 2.63. The van der Waals surface area contributed by atoms with E-state index in [2.05, 4.69) is 217 Å². The summed E-state index contributed by atoms with van der Waals surface area (Å²) in [6.45, 7) is 34.3. The maximum absolute atomic E-state index is 2.63. The standard InChI is InChI=1S/C63H73N/c1-57(2)30-32-60(7,8)53-36-41(24-28-49(53)57)40-22-25-42(26-23-40)64(43-27-29-50-54(37-43)61(9,10)33-31-58(50,3)4)55-39-52-46(44-18-15-16-20-48(44)63(52,13)14)38-47(55)45-19-17-21-51-56(45)62(11,12)35-34-59(51,5)6/h15-29,36-39H,30-35H2,1-14H3. The van der Waals surface area contributed by atoms with Crippen molar-refractivity contribution in [2.45, 2.75) is 173 Å². The van der Waals surface area contributed by atoms with E-state index in [-0.39, 0.29) is 37.9 Å². The van der Waals surface area contributed by atoms with Crippen LogP contribution in [0.2, 0.25) is 0 Å². The monoisotopic (exact) mass is 844 g/mol. The van der Waals surface area contributed by atoms with Crippen LogP contribution in [0.15, 0.2) is 115 Å².